The number of carbonyl (C=O) groups excluding carboxylic acids is 2. The molecule has 202 valence electrons. The minimum absolute atomic E-state index is 0.0107. The van der Waals surface area contributed by atoms with Crippen LogP contribution in [0.3, 0.4) is 0 Å². The Balaban J connectivity index is 1.50. The summed E-state index contributed by atoms with van der Waals surface area (Å²) in [4.78, 5) is 28.3. The highest BCUT2D eigenvalue weighted by molar-refractivity contribution is 7.93. The van der Waals surface area contributed by atoms with Crippen LogP contribution in [0.15, 0.2) is 65.6 Å². The molecule has 0 spiro atoms. The van der Waals surface area contributed by atoms with E-state index in [2.05, 4.69) is 5.32 Å². The van der Waals surface area contributed by atoms with E-state index in [1.807, 2.05) is 56.3 Å². The fourth-order valence-electron chi connectivity index (χ4n) is 4.73. The molecule has 1 heterocycles. The van der Waals surface area contributed by atoms with Gasteiger partial charge in [0.25, 0.3) is 10.0 Å². The predicted octanol–water partition coefficient (Wildman–Crippen LogP) is 4.47. The van der Waals surface area contributed by atoms with E-state index in [9.17, 15) is 18.0 Å². The molecule has 0 saturated heterocycles. The van der Waals surface area contributed by atoms with Gasteiger partial charge < -0.3 is 15.0 Å². The first-order valence-corrected chi connectivity index (χ1v) is 14.4. The number of nitrogens with zero attached hydrogens (tertiary/aromatic N) is 2. The van der Waals surface area contributed by atoms with E-state index in [4.69, 9.17) is 4.74 Å². The van der Waals surface area contributed by atoms with Gasteiger partial charge in [-0.15, -0.1) is 0 Å². The van der Waals surface area contributed by atoms with Crippen molar-refractivity contribution in [3.8, 4) is 5.75 Å². The molecule has 3 aromatic carbocycles. The quantitative estimate of drug-likeness (QED) is 0.389. The maximum atomic E-state index is 13.5. The molecule has 9 heteroatoms. The van der Waals surface area contributed by atoms with Crippen LogP contribution in [-0.2, 0) is 26.2 Å². The van der Waals surface area contributed by atoms with Crippen LogP contribution in [0, 0.1) is 0 Å². The van der Waals surface area contributed by atoms with Gasteiger partial charge in [-0.25, -0.2) is 8.42 Å². The molecule has 38 heavy (non-hydrogen) atoms. The van der Waals surface area contributed by atoms with Crippen LogP contribution < -0.4 is 14.4 Å². The first kappa shape index (κ1) is 27.4. The van der Waals surface area contributed by atoms with Crippen molar-refractivity contribution in [2.75, 3.05) is 18.0 Å². The van der Waals surface area contributed by atoms with Gasteiger partial charge >= 0.3 is 0 Å². The van der Waals surface area contributed by atoms with Gasteiger partial charge in [-0.1, -0.05) is 43.3 Å². The second-order valence-corrected chi connectivity index (χ2v) is 11.5. The van der Waals surface area contributed by atoms with Gasteiger partial charge in [0.2, 0.25) is 11.8 Å². The zero-order valence-electron chi connectivity index (χ0n) is 22.3. The Morgan fingerprint density at radius 2 is 1.76 bits per heavy atom. The predicted molar refractivity (Wildman–Crippen MR) is 149 cm³/mol. The summed E-state index contributed by atoms with van der Waals surface area (Å²) in [5.74, 6) is 0.228. The fourth-order valence-corrected chi connectivity index (χ4v) is 6.48. The van der Waals surface area contributed by atoms with Crippen molar-refractivity contribution in [1.82, 2.24) is 10.2 Å². The average Bonchev–Trinajstić information content (AvgIpc) is 3.14. The Kier molecular flexibility index (Phi) is 8.26. The van der Waals surface area contributed by atoms with Crippen molar-refractivity contribution in [1.29, 1.82) is 0 Å². The van der Waals surface area contributed by atoms with Crippen molar-refractivity contribution in [3.05, 3.63) is 66.2 Å². The Labute approximate surface area is 224 Å². The molecule has 3 aromatic rings. The van der Waals surface area contributed by atoms with Crippen LogP contribution in [0.2, 0.25) is 0 Å². The maximum absolute atomic E-state index is 13.5. The average molecular weight is 538 g/mol. The summed E-state index contributed by atoms with van der Waals surface area (Å²) in [6.45, 7) is 6.03. The zero-order chi connectivity index (χ0) is 27.4. The van der Waals surface area contributed by atoms with E-state index in [-0.39, 0.29) is 37.4 Å². The Morgan fingerprint density at radius 3 is 2.47 bits per heavy atom. The summed E-state index contributed by atoms with van der Waals surface area (Å²) in [6, 6.07) is 17.5. The molecule has 0 bridgehead atoms. The molecular formula is C29H35N3O5S. The first-order valence-electron chi connectivity index (χ1n) is 12.9. The number of hydrogen-bond acceptors (Lipinski definition) is 5. The molecule has 0 radical (unpaired) electrons. The van der Waals surface area contributed by atoms with Gasteiger partial charge in [0, 0.05) is 30.9 Å². The van der Waals surface area contributed by atoms with E-state index in [0.29, 0.717) is 22.8 Å². The number of carbonyl (C=O) groups is 2. The molecule has 4 rings (SSSR count). The van der Waals surface area contributed by atoms with Crippen molar-refractivity contribution < 1.29 is 22.7 Å². The van der Waals surface area contributed by atoms with Crippen LogP contribution in [0.4, 0.5) is 5.69 Å². The number of anilines is 1. The molecule has 1 aliphatic heterocycles. The van der Waals surface area contributed by atoms with Crippen LogP contribution in [0.5, 0.6) is 5.75 Å². The number of hydrogen-bond donors (Lipinski definition) is 1. The van der Waals surface area contributed by atoms with Crippen LogP contribution >= 0.6 is 0 Å². The van der Waals surface area contributed by atoms with Gasteiger partial charge in [-0.3, -0.25) is 13.9 Å². The summed E-state index contributed by atoms with van der Waals surface area (Å²) < 4.78 is 33.3. The van der Waals surface area contributed by atoms with E-state index < -0.39 is 16.1 Å². The Bertz CT molecular complexity index is 1430. The third-order valence-corrected chi connectivity index (χ3v) is 8.94. The highest BCUT2D eigenvalue weighted by atomic mass is 32.2. The number of rotatable bonds is 11. The van der Waals surface area contributed by atoms with Gasteiger partial charge in [0.15, 0.2) is 0 Å². The SMILES string of the molecule is CC[C@H](C)NC(=O)[C@@H](C)N(Cc1cccc(OC)c1)C(=O)CCCN1c2cccc3cccc(c23)S1(=O)=O. The summed E-state index contributed by atoms with van der Waals surface area (Å²) in [5.41, 5.74) is 1.48. The molecule has 2 amide bonds. The molecule has 8 nitrogen and oxygen atoms in total. The molecule has 1 aliphatic rings. The normalized spacial score (nSPS) is 15.2. The van der Waals surface area contributed by atoms with Crippen LogP contribution in [-0.4, -0.2) is 50.9 Å². The van der Waals surface area contributed by atoms with Crippen molar-refractivity contribution in [2.45, 2.75) is 63.6 Å². The smallest absolute Gasteiger partial charge is 0.265 e. The monoisotopic (exact) mass is 537 g/mol. The number of methoxy groups -OCH3 is 1. The number of nitrogens with one attached hydrogen (secondary N) is 1. The third-order valence-electron chi connectivity index (χ3n) is 7.09. The number of sulfonamides is 1. The Hall–Kier alpha value is -3.59. The standard InChI is InChI=1S/C29H35N3O5S/c1-5-20(2)30-29(34)21(3)31(19-22-10-6-13-24(18-22)37-4)27(33)16-9-17-32-25-14-7-11-23-12-8-15-26(28(23)25)38(32,35)36/h6-8,10-15,18,20-21H,5,9,16-17,19H2,1-4H3,(H,30,34)/t20-,21+/m0/s1. The second-order valence-electron chi connectivity index (χ2n) is 9.68. The van der Waals surface area contributed by atoms with Gasteiger partial charge in [-0.05, 0) is 61.9 Å². The van der Waals surface area contributed by atoms with E-state index in [0.717, 1.165) is 22.8 Å². The van der Waals surface area contributed by atoms with E-state index >= 15 is 0 Å². The number of amides is 2. The third kappa shape index (κ3) is 5.48. The largest absolute Gasteiger partial charge is 0.497 e. The van der Waals surface area contributed by atoms with Gasteiger partial charge in [-0.2, -0.15) is 0 Å². The van der Waals surface area contributed by atoms with Gasteiger partial charge in [0.1, 0.15) is 11.8 Å². The summed E-state index contributed by atoms with van der Waals surface area (Å²) in [7, 11) is -2.11. The van der Waals surface area contributed by atoms with Crippen molar-refractivity contribution in [2.24, 2.45) is 0 Å². The molecular weight excluding hydrogens is 502 g/mol. The van der Waals surface area contributed by atoms with Gasteiger partial charge in [0.05, 0.1) is 17.7 Å². The molecule has 1 N–H and O–H groups in total. The molecule has 0 fully saturated rings. The minimum Gasteiger partial charge on any atom is -0.497 e. The minimum atomic E-state index is -3.69. The molecule has 0 aromatic heterocycles. The fraction of sp³-hybridized carbons (Fsp3) is 0.379. The number of ether oxygens (including phenoxy) is 1. The lowest BCUT2D eigenvalue weighted by molar-refractivity contribution is -0.140. The molecule has 0 unspecified atom stereocenters. The Morgan fingerprint density at radius 1 is 1.05 bits per heavy atom. The summed E-state index contributed by atoms with van der Waals surface area (Å²) >= 11 is 0. The maximum Gasteiger partial charge on any atom is 0.265 e. The highest BCUT2D eigenvalue weighted by Gasteiger charge is 2.35. The number of benzene rings is 3. The lowest BCUT2D eigenvalue weighted by Crippen LogP contribution is -2.49. The van der Waals surface area contributed by atoms with Crippen molar-refractivity contribution in [3.63, 3.8) is 0 Å². The first-order chi connectivity index (χ1) is 18.2. The lowest BCUT2D eigenvalue weighted by atomic mass is 10.1. The topological polar surface area (TPSA) is 96.0 Å². The molecule has 0 saturated carbocycles. The second kappa shape index (κ2) is 11.4. The summed E-state index contributed by atoms with van der Waals surface area (Å²) in [6.07, 6.45) is 1.20. The highest BCUT2D eigenvalue weighted by Crippen LogP contribution is 2.42. The van der Waals surface area contributed by atoms with E-state index in [1.54, 1.807) is 37.1 Å². The van der Waals surface area contributed by atoms with E-state index in [1.165, 1.54) is 4.31 Å². The molecule has 2 atom stereocenters. The van der Waals surface area contributed by atoms with Crippen LogP contribution in [0.25, 0.3) is 10.8 Å². The molecule has 0 aliphatic carbocycles. The summed E-state index contributed by atoms with van der Waals surface area (Å²) in [5, 5.41) is 4.55. The van der Waals surface area contributed by atoms with Crippen molar-refractivity contribution >= 4 is 38.3 Å². The zero-order valence-corrected chi connectivity index (χ0v) is 23.1. The lowest BCUT2D eigenvalue weighted by Gasteiger charge is -2.30. The van der Waals surface area contributed by atoms with Crippen LogP contribution in [0.1, 0.15) is 45.6 Å².